The maximum absolute atomic E-state index is 7.11. The van der Waals surface area contributed by atoms with Crippen molar-refractivity contribution in [3.05, 3.63) is 64.8 Å². The third-order valence-electron chi connectivity index (χ3n) is 5.79. The normalized spacial score (nSPS) is 23.7. The van der Waals surface area contributed by atoms with Crippen LogP contribution >= 0.6 is 23.2 Å². The highest BCUT2D eigenvalue weighted by molar-refractivity contribution is 6.30. The van der Waals surface area contributed by atoms with Gasteiger partial charge in [-0.05, 0) is 48.9 Å². The van der Waals surface area contributed by atoms with Gasteiger partial charge in [0, 0.05) is 18.8 Å². The van der Waals surface area contributed by atoms with Gasteiger partial charge in [-0.3, -0.25) is 4.57 Å². The van der Waals surface area contributed by atoms with Crippen LogP contribution in [0.4, 0.5) is 0 Å². The second-order valence-corrected chi connectivity index (χ2v) is 8.82. The Hall–Kier alpha value is -2.15. The molecule has 0 radical (unpaired) electrons. The van der Waals surface area contributed by atoms with Gasteiger partial charge in [0.05, 0.1) is 22.1 Å². The zero-order valence-electron chi connectivity index (χ0n) is 15.8. The predicted octanol–water partition coefficient (Wildman–Crippen LogP) is 4.37. The lowest BCUT2D eigenvalue weighted by molar-refractivity contribution is 0.132. The Morgan fingerprint density at radius 3 is 2.79 bits per heavy atom. The maximum atomic E-state index is 7.11. The third-order valence-corrected chi connectivity index (χ3v) is 6.61. The molecular formula is C21H21Cl2N5O. The van der Waals surface area contributed by atoms with Gasteiger partial charge < -0.3 is 10.1 Å². The summed E-state index contributed by atoms with van der Waals surface area (Å²) in [6, 6.07) is 10.1. The second kappa shape index (κ2) is 7.59. The monoisotopic (exact) mass is 429 g/mol. The van der Waals surface area contributed by atoms with E-state index < -0.39 is 0 Å². The second-order valence-electron chi connectivity index (χ2n) is 7.66. The van der Waals surface area contributed by atoms with Crippen LogP contribution in [0, 0.1) is 0 Å². The fourth-order valence-electron chi connectivity index (χ4n) is 4.19. The van der Waals surface area contributed by atoms with Gasteiger partial charge in [-0.25, -0.2) is 4.98 Å². The zero-order chi connectivity index (χ0) is 19.8. The Bertz CT molecular complexity index is 1010. The molecule has 0 bridgehead atoms. The molecule has 2 aliphatic rings. The number of alkyl halides is 1. The van der Waals surface area contributed by atoms with Crippen molar-refractivity contribution in [3.8, 4) is 11.6 Å². The summed E-state index contributed by atoms with van der Waals surface area (Å²) in [6.07, 6.45) is 6.99. The largest absolute Gasteiger partial charge is 0.474 e. The molecule has 0 spiro atoms. The molecule has 0 atom stereocenters. The number of hydrogen-bond acceptors (Lipinski definition) is 5. The van der Waals surface area contributed by atoms with E-state index in [2.05, 4.69) is 38.7 Å². The van der Waals surface area contributed by atoms with Crippen LogP contribution < -0.4 is 10.1 Å². The van der Waals surface area contributed by atoms with E-state index >= 15 is 0 Å². The predicted molar refractivity (Wildman–Crippen MR) is 112 cm³/mol. The van der Waals surface area contributed by atoms with Crippen molar-refractivity contribution in [1.29, 1.82) is 0 Å². The van der Waals surface area contributed by atoms with Crippen LogP contribution in [-0.2, 0) is 18.0 Å². The minimum atomic E-state index is -0.370. The van der Waals surface area contributed by atoms with Gasteiger partial charge in [-0.2, -0.15) is 0 Å². The van der Waals surface area contributed by atoms with Gasteiger partial charge in [-0.15, -0.1) is 21.8 Å². The number of nitrogens with one attached hydrogen (secondary N) is 1. The molecule has 1 fully saturated rings. The number of pyridine rings is 1. The lowest BCUT2D eigenvalue weighted by atomic mass is 9.81. The average Bonchev–Trinajstić information content (AvgIpc) is 3.13. The third kappa shape index (κ3) is 3.72. The molecule has 0 unspecified atom stereocenters. The Balaban J connectivity index is 1.32. The highest BCUT2D eigenvalue weighted by Crippen LogP contribution is 2.44. The topological polar surface area (TPSA) is 64.9 Å². The molecule has 0 saturated heterocycles. The molecule has 8 heteroatoms. The highest BCUT2D eigenvalue weighted by atomic mass is 35.5. The van der Waals surface area contributed by atoms with E-state index in [0.29, 0.717) is 17.4 Å². The molecule has 3 heterocycles. The molecule has 1 N–H and O–H groups in total. The number of aromatic nitrogens is 4. The number of fused-ring (bicyclic) bond motifs is 3. The first-order valence-corrected chi connectivity index (χ1v) is 10.6. The summed E-state index contributed by atoms with van der Waals surface area (Å²) in [5.74, 6) is 1.54. The summed E-state index contributed by atoms with van der Waals surface area (Å²) >= 11 is 13.0. The summed E-state index contributed by atoms with van der Waals surface area (Å²) in [5.41, 5.74) is 3.49. The molecule has 29 heavy (non-hydrogen) atoms. The van der Waals surface area contributed by atoms with E-state index in [1.807, 2.05) is 10.6 Å². The molecule has 1 aliphatic carbocycles. The first-order chi connectivity index (χ1) is 14.1. The van der Waals surface area contributed by atoms with Crippen molar-refractivity contribution in [1.82, 2.24) is 25.1 Å². The SMILES string of the molecule is Clc1ccc(OC2CCC(Cl)(c3ccc4c(c3)CNCc3nncn3-4)CC2)nc1. The van der Waals surface area contributed by atoms with Crippen molar-refractivity contribution in [2.45, 2.75) is 49.8 Å². The van der Waals surface area contributed by atoms with Crippen molar-refractivity contribution in [2.75, 3.05) is 0 Å². The molecule has 150 valence electrons. The molecule has 1 aliphatic heterocycles. The van der Waals surface area contributed by atoms with Gasteiger partial charge in [-0.1, -0.05) is 23.7 Å². The zero-order valence-corrected chi connectivity index (χ0v) is 17.3. The number of ether oxygens (including phenoxy) is 1. The molecule has 2 aromatic heterocycles. The van der Waals surface area contributed by atoms with Crippen molar-refractivity contribution in [2.24, 2.45) is 0 Å². The number of nitrogens with zero attached hydrogens (tertiary/aromatic N) is 4. The Morgan fingerprint density at radius 1 is 1.14 bits per heavy atom. The smallest absolute Gasteiger partial charge is 0.213 e. The van der Waals surface area contributed by atoms with Gasteiger partial charge >= 0.3 is 0 Å². The van der Waals surface area contributed by atoms with E-state index in [-0.39, 0.29) is 11.0 Å². The Kier molecular flexibility index (Phi) is 4.94. The standard InChI is InChI=1S/C21H21Cl2N5O/c22-16-2-4-20(25-11-16)29-17-5-7-21(23,8-6-17)15-1-3-18-14(9-15)10-24-12-19-27-26-13-28(18)19/h1-4,9,11,13,17,24H,5-8,10,12H2. The van der Waals surface area contributed by atoms with E-state index in [0.717, 1.165) is 43.7 Å². The lowest BCUT2D eigenvalue weighted by Crippen LogP contribution is -2.32. The van der Waals surface area contributed by atoms with Crippen LogP contribution in [0.1, 0.15) is 42.6 Å². The molecule has 3 aromatic rings. The van der Waals surface area contributed by atoms with Gasteiger partial charge in [0.15, 0.2) is 5.82 Å². The lowest BCUT2D eigenvalue weighted by Gasteiger charge is -2.36. The number of benzene rings is 1. The van der Waals surface area contributed by atoms with Crippen LogP contribution in [-0.4, -0.2) is 25.9 Å². The minimum absolute atomic E-state index is 0.123. The van der Waals surface area contributed by atoms with E-state index in [1.54, 1.807) is 18.6 Å². The molecule has 1 aromatic carbocycles. The minimum Gasteiger partial charge on any atom is -0.474 e. The van der Waals surface area contributed by atoms with E-state index in [1.165, 1.54) is 11.1 Å². The summed E-state index contributed by atoms with van der Waals surface area (Å²) in [5, 5.41) is 12.3. The van der Waals surface area contributed by atoms with Crippen LogP contribution in [0.25, 0.3) is 5.69 Å². The van der Waals surface area contributed by atoms with E-state index in [4.69, 9.17) is 27.9 Å². The van der Waals surface area contributed by atoms with Crippen molar-refractivity contribution >= 4 is 23.2 Å². The summed E-state index contributed by atoms with van der Waals surface area (Å²) < 4.78 is 8.07. The molecule has 6 nitrogen and oxygen atoms in total. The number of hydrogen-bond donors (Lipinski definition) is 1. The molecule has 1 saturated carbocycles. The fourth-order valence-corrected chi connectivity index (χ4v) is 4.64. The molecule has 5 rings (SSSR count). The summed E-state index contributed by atoms with van der Waals surface area (Å²) in [4.78, 5) is 3.86. The quantitative estimate of drug-likeness (QED) is 0.625. The van der Waals surface area contributed by atoms with Crippen molar-refractivity contribution < 1.29 is 4.74 Å². The molecular weight excluding hydrogens is 409 g/mol. The Labute approximate surface area is 179 Å². The van der Waals surface area contributed by atoms with E-state index in [9.17, 15) is 0 Å². The van der Waals surface area contributed by atoms with Gasteiger partial charge in [0.25, 0.3) is 0 Å². The summed E-state index contributed by atoms with van der Waals surface area (Å²) in [7, 11) is 0. The van der Waals surface area contributed by atoms with Crippen molar-refractivity contribution in [3.63, 3.8) is 0 Å². The van der Waals surface area contributed by atoms with Crippen LogP contribution in [0.2, 0.25) is 5.02 Å². The number of rotatable bonds is 3. The van der Waals surface area contributed by atoms with Crippen LogP contribution in [0.15, 0.2) is 42.9 Å². The first-order valence-electron chi connectivity index (χ1n) is 9.81. The summed E-state index contributed by atoms with van der Waals surface area (Å²) in [6.45, 7) is 1.49. The maximum Gasteiger partial charge on any atom is 0.213 e. The first kappa shape index (κ1) is 18.9. The Morgan fingerprint density at radius 2 is 2.00 bits per heavy atom. The average molecular weight is 430 g/mol. The fraction of sp³-hybridized carbons (Fsp3) is 0.381. The molecule has 0 amide bonds. The van der Waals surface area contributed by atoms with Crippen LogP contribution in [0.3, 0.4) is 0 Å². The van der Waals surface area contributed by atoms with Gasteiger partial charge in [0.1, 0.15) is 12.4 Å². The number of halogens is 2. The highest BCUT2D eigenvalue weighted by Gasteiger charge is 2.36. The van der Waals surface area contributed by atoms with Crippen LogP contribution in [0.5, 0.6) is 5.88 Å². The van der Waals surface area contributed by atoms with Gasteiger partial charge in [0.2, 0.25) is 5.88 Å².